The maximum atomic E-state index is 11.2. The zero-order chi connectivity index (χ0) is 15.7. The van der Waals surface area contributed by atoms with E-state index in [1.54, 1.807) is 18.3 Å². The highest BCUT2D eigenvalue weighted by Crippen LogP contribution is 2.33. The van der Waals surface area contributed by atoms with Gasteiger partial charge in [-0.15, -0.1) is 0 Å². The molecule has 3 atom stereocenters. The molecule has 0 unspecified atom stereocenters. The first-order valence-corrected chi connectivity index (χ1v) is 8.19. The topological polar surface area (TPSA) is 62.5 Å². The Bertz CT molecular complexity index is 541. The van der Waals surface area contributed by atoms with Gasteiger partial charge in [-0.1, -0.05) is 0 Å². The molecule has 0 N–H and O–H groups in total. The molecule has 0 amide bonds. The van der Waals surface area contributed by atoms with Crippen molar-refractivity contribution in [3.05, 3.63) is 28.4 Å². The van der Waals surface area contributed by atoms with E-state index in [9.17, 15) is 10.1 Å². The van der Waals surface area contributed by atoms with Gasteiger partial charge in [0.1, 0.15) is 0 Å². The van der Waals surface area contributed by atoms with Crippen LogP contribution >= 0.6 is 0 Å². The van der Waals surface area contributed by atoms with Crippen molar-refractivity contribution in [2.75, 3.05) is 18.0 Å². The van der Waals surface area contributed by atoms with Gasteiger partial charge in [-0.25, -0.2) is 4.98 Å². The molecule has 0 saturated carbocycles. The van der Waals surface area contributed by atoms with E-state index >= 15 is 0 Å². The second-order valence-corrected chi connectivity index (χ2v) is 6.57. The van der Waals surface area contributed by atoms with Gasteiger partial charge in [-0.05, 0) is 45.6 Å². The molecule has 1 aromatic heterocycles. The van der Waals surface area contributed by atoms with Gasteiger partial charge in [0.15, 0.2) is 0 Å². The van der Waals surface area contributed by atoms with Crippen molar-refractivity contribution in [1.29, 1.82) is 0 Å². The normalized spacial score (nSPS) is 29.7. The summed E-state index contributed by atoms with van der Waals surface area (Å²) in [6.07, 6.45) is 6.38. The van der Waals surface area contributed by atoms with Crippen molar-refractivity contribution in [1.82, 2.24) is 9.88 Å². The lowest BCUT2D eigenvalue weighted by Gasteiger charge is -2.41. The summed E-state index contributed by atoms with van der Waals surface area (Å²) in [5.41, 5.74) is 0.116. The molecular weight excluding hydrogens is 280 g/mol. The number of anilines is 1. The maximum absolute atomic E-state index is 11.2. The highest BCUT2D eigenvalue weighted by Gasteiger charge is 2.36. The Morgan fingerprint density at radius 2 is 2.00 bits per heavy atom. The molecule has 22 heavy (non-hydrogen) atoms. The summed E-state index contributed by atoms with van der Waals surface area (Å²) in [7, 11) is 0. The first-order valence-electron chi connectivity index (χ1n) is 8.19. The molecule has 1 aromatic rings. The van der Waals surface area contributed by atoms with E-state index in [1.165, 1.54) is 19.3 Å². The van der Waals surface area contributed by atoms with Crippen molar-refractivity contribution in [3.8, 4) is 0 Å². The molecule has 2 aliphatic heterocycles. The second-order valence-electron chi connectivity index (χ2n) is 6.57. The van der Waals surface area contributed by atoms with Crippen LogP contribution in [0.3, 0.4) is 0 Å². The molecule has 3 rings (SSSR count). The molecule has 120 valence electrons. The molecule has 0 bridgehead atoms. The Morgan fingerprint density at radius 3 is 2.68 bits per heavy atom. The van der Waals surface area contributed by atoms with Crippen LogP contribution in [0.1, 0.15) is 39.5 Å². The summed E-state index contributed by atoms with van der Waals surface area (Å²) in [5.74, 6) is 0.525. The van der Waals surface area contributed by atoms with Gasteiger partial charge in [-0.3, -0.25) is 15.0 Å². The SMILES string of the molecule is C[C@@H]1CC[C@@H](C)N1[C@@H]1CCCN(c2ncccc2[N+](=O)[O-])C1. The van der Waals surface area contributed by atoms with Crippen LogP contribution in [0.5, 0.6) is 0 Å². The first kappa shape index (κ1) is 15.2. The van der Waals surface area contributed by atoms with Gasteiger partial charge in [0.2, 0.25) is 5.82 Å². The predicted molar refractivity (Wildman–Crippen MR) is 86.1 cm³/mol. The quantitative estimate of drug-likeness (QED) is 0.634. The number of pyridine rings is 1. The Balaban J connectivity index is 1.80. The van der Waals surface area contributed by atoms with Crippen LogP contribution in [-0.4, -0.2) is 46.0 Å². The van der Waals surface area contributed by atoms with E-state index in [0.717, 1.165) is 19.5 Å². The Labute approximate surface area is 131 Å². The standard InChI is InChI=1S/C16H24N4O2/c1-12-7-8-13(2)19(12)14-5-4-10-18(11-14)16-15(20(21)22)6-3-9-17-16/h3,6,9,12-14H,4-5,7-8,10-11H2,1-2H3/t12-,13-,14-/m1/s1. The van der Waals surface area contributed by atoms with Crippen molar-refractivity contribution in [3.63, 3.8) is 0 Å². The average molecular weight is 304 g/mol. The van der Waals surface area contributed by atoms with Crippen LogP contribution in [0, 0.1) is 10.1 Å². The van der Waals surface area contributed by atoms with Crippen molar-refractivity contribution in [2.24, 2.45) is 0 Å². The number of hydrogen-bond donors (Lipinski definition) is 0. The largest absolute Gasteiger partial charge is 0.349 e. The van der Waals surface area contributed by atoms with Crippen molar-refractivity contribution < 1.29 is 4.92 Å². The predicted octanol–water partition coefficient (Wildman–Crippen LogP) is 2.83. The van der Waals surface area contributed by atoms with Gasteiger partial charge >= 0.3 is 5.69 Å². The van der Waals surface area contributed by atoms with Crippen LogP contribution in [-0.2, 0) is 0 Å². The van der Waals surface area contributed by atoms with Crippen LogP contribution in [0.2, 0.25) is 0 Å². The van der Waals surface area contributed by atoms with Gasteiger partial charge in [0, 0.05) is 43.5 Å². The summed E-state index contributed by atoms with van der Waals surface area (Å²) in [5, 5.41) is 11.2. The summed E-state index contributed by atoms with van der Waals surface area (Å²) in [6, 6.07) is 4.88. The molecule has 2 aliphatic rings. The fraction of sp³-hybridized carbons (Fsp3) is 0.688. The number of aromatic nitrogens is 1. The van der Waals surface area contributed by atoms with Crippen molar-refractivity contribution >= 4 is 11.5 Å². The van der Waals surface area contributed by atoms with E-state index in [0.29, 0.717) is 23.9 Å². The highest BCUT2D eigenvalue weighted by atomic mass is 16.6. The molecule has 0 aromatic carbocycles. The number of nitrogens with zero attached hydrogens (tertiary/aromatic N) is 4. The second kappa shape index (κ2) is 6.20. The van der Waals surface area contributed by atoms with Crippen LogP contribution in [0.4, 0.5) is 11.5 Å². The maximum Gasteiger partial charge on any atom is 0.311 e. The number of rotatable bonds is 3. The molecule has 0 aliphatic carbocycles. The molecule has 6 nitrogen and oxygen atoms in total. The molecular formula is C16H24N4O2. The highest BCUT2D eigenvalue weighted by molar-refractivity contribution is 5.57. The first-order chi connectivity index (χ1) is 10.6. The molecule has 6 heteroatoms. The minimum absolute atomic E-state index is 0.116. The van der Waals surface area contributed by atoms with Crippen LogP contribution in [0.25, 0.3) is 0 Å². The number of piperidine rings is 1. The fourth-order valence-electron chi connectivity index (χ4n) is 4.10. The lowest BCUT2D eigenvalue weighted by Crippen LogP contribution is -2.51. The third kappa shape index (κ3) is 2.79. The smallest absolute Gasteiger partial charge is 0.311 e. The fourth-order valence-corrected chi connectivity index (χ4v) is 4.10. The molecule has 0 spiro atoms. The third-order valence-corrected chi connectivity index (χ3v) is 5.10. The van der Waals surface area contributed by atoms with E-state index in [2.05, 4.69) is 28.6 Å². The van der Waals surface area contributed by atoms with Gasteiger partial charge in [0.05, 0.1) is 4.92 Å². The van der Waals surface area contributed by atoms with E-state index < -0.39 is 0 Å². The minimum Gasteiger partial charge on any atom is -0.349 e. The Kier molecular flexibility index (Phi) is 4.29. The summed E-state index contributed by atoms with van der Waals surface area (Å²) < 4.78 is 0. The lowest BCUT2D eigenvalue weighted by molar-refractivity contribution is -0.384. The molecule has 0 radical (unpaired) electrons. The summed E-state index contributed by atoms with van der Waals surface area (Å²) in [6.45, 7) is 6.29. The number of nitro groups is 1. The zero-order valence-electron chi connectivity index (χ0n) is 13.3. The Hall–Kier alpha value is -1.69. The minimum atomic E-state index is -0.326. The van der Waals surface area contributed by atoms with E-state index in [1.807, 2.05) is 0 Å². The van der Waals surface area contributed by atoms with Gasteiger partial charge in [0.25, 0.3) is 0 Å². The zero-order valence-corrected chi connectivity index (χ0v) is 13.3. The third-order valence-electron chi connectivity index (χ3n) is 5.10. The van der Waals surface area contributed by atoms with Crippen LogP contribution in [0.15, 0.2) is 18.3 Å². The number of likely N-dealkylation sites (tertiary alicyclic amines) is 1. The van der Waals surface area contributed by atoms with E-state index in [4.69, 9.17) is 0 Å². The Morgan fingerprint density at radius 1 is 1.27 bits per heavy atom. The summed E-state index contributed by atoms with van der Waals surface area (Å²) >= 11 is 0. The van der Waals surface area contributed by atoms with Gasteiger partial charge < -0.3 is 4.90 Å². The van der Waals surface area contributed by atoms with Crippen molar-refractivity contribution in [2.45, 2.75) is 57.7 Å². The number of hydrogen-bond acceptors (Lipinski definition) is 5. The molecule has 3 heterocycles. The monoisotopic (exact) mass is 304 g/mol. The van der Waals surface area contributed by atoms with Gasteiger partial charge in [-0.2, -0.15) is 0 Å². The molecule has 2 fully saturated rings. The van der Waals surface area contributed by atoms with Crippen LogP contribution < -0.4 is 4.90 Å². The molecule has 2 saturated heterocycles. The lowest BCUT2D eigenvalue weighted by atomic mass is 10.0. The average Bonchev–Trinajstić information content (AvgIpc) is 2.86. The summed E-state index contributed by atoms with van der Waals surface area (Å²) in [4.78, 5) is 19.9. The van der Waals surface area contributed by atoms with E-state index in [-0.39, 0.29) is 10.6 Å².